The largest absolute Gasteiger partial charge is 0.385 e. The number of hydrogen-bond donors (Lipinski definition) is 1. The summed E-state index contributed by atoms with van der Waals surface area (Å²) in [5.74, 6) is -0.0420. The van der Waals surface area contributed by atoms with Crippen LogP contribution >= 0.6 is 11.3 Å². The highest BCUT2D eigenvalue weighted by molar-refractivity contribution is 7.12. The van der Waals surface area contributed by atoms with Gasteiger partial charge in [-0.2, -0.15) is 5.10 Å². The Morgan fingerprint density at radius 1 is 1.22 bits per heavy atom. The van der Waals surface area contributed by atoms with E-state index in [4.69, 9.17) is 0 Å². The minimum Gasteiger partial charge on any atom is -0.385 e. The number of nitrogens with zero attached hydrogens (tertiary/aromatic N) is 3. The predicted molar refractivity (Wildman–Crippen MR) is 110 cm³/mol. The summed E-state index contributed by atoms with van der Waals surface area (Å²) in [6.07, 6.45) is 5.63. The highest BCUT2D eigenvalue weighted by Crippen LogP contribution is 2.25. The Labute approximate surface area is 161 Å². The van der Waals surface area contributed by atoms with E-state index in [0.29, 0.717) is 16.1 Å². The number of thiophene rings is 1. The Hall–Kier alpha value is -2.99. The fraction of sp³-hybridized carbons (Fsp3) is 0.190. The molecule has 0 aliphatic rings. The summed E-state index contributed by atoms with van der Waals surface area (Å²) >= 11 is 1.43. The van der Waals surface area contributed by atoms with Gasteiger partial charge >= 0.3 is 0 Å². The fourth-order valence-electron chi connectivity index (χ4n) is 3.01. The molecular weight excluding hydrogens is 356 g/mol. The molecule has 1 N–H and O–H groups in total. The molecule has 6 heteroatoms. The number of carbonyl (C=O) groups excluding carboxylic acids is 1. The van der Waals surface area contributed by atoms with Crippen molar-refractivity contribution in [2.24, 2.45) is 0 Å². The molecule has 4 aromatic rings. The second-order valence-corrected chi connectivity index (χ2v) is 7.24. The van der Waals surface area contributed by atoms with Crippen molar-refractivity contribution in [3.63, 3.8) is 0 Å². The molecule has 0 atom stereocenters. The van der Waals surface area contributed by atoms with Crippen LogP contribution in [0, 0.1) is 0 Å². The molecule has 0 bridgehead atoms. The second-order valence-electron chi connectivity index (χ2n) is 6.29. The second kappa shape index (κ2) is 7.72. The van der Waals surface area contributed by atoms with E-state index in [-0.39, 0.29) is 5.78 Å². The first-order valence-corrected chi connectivity index (χ1v) is 9.91. The highest BCUT2D eigenvalue weighted by Gasteiger charge is 2.18. The molecule has 4 rings (SSSR count). The number of ketones is 1. The summed E-state index contributed by atoms with van der Waals surface area (Å²) in [6, 6.07) is 13.9. The van der Waals surface area contributed by atoms with Crippen molar-refractivity contribution < 1.29 is 4.79 Å². The van der Waals surface area contributed by atoms with Crippen molar-refractivity contribution in [1.29, 1.82) is 0 Å². The van der Waals surface area contributed by atoms with E-state index in [1.54, 1.807) is 16.9 Å². The van der Waals surface area contributed by atoms with E-state index < -0.39 is 0 Å². The van der Waals surface area contributed by atoms with Gasteiger partial charge in [0.1, 0.15) is 0 Å². The lowest BCUT2D eigenvalue weighted by Gasteiger charge is -2.09. The van der Waals surface area contributed by atoms with Crippen molar-refractivity contribution in [3.8, 4) is 11.3 Å². The number of carbonyl (C=O) groups is 1. The van der Waals surface area contributed by atoms with Crippen molar-refractivity contribution in [2.45, 2.75) is 19.8 Å². The lowest BCUT2D eigenvalue weighted by Crippen LogP contribution is -2.02. The molecule has 0 fully saturated rings. The van der Waals surface area contributed by atoms with Crippen LogP contribution in [0.1, 0.15) is 35.0 Å². The van der Waals surface area contributed by atoms with Gasteiger partial charge in [-0.1, -0.05) is 31.5 Å². The molecule has 0 aliphatic heterocycles. The maximum Gasteiger partial charge on any atom is 0.208 e. The highest BCUT2D eigenvalue weighted by atomic mass is 32.1. The molecule has 0 saturated carbocycles. The summed E-state index contributed by atoms with van der Waals surface area (Å²) in [5, 5.41) is 9.79. The van der Waals surface area contributed by atoms with E-state index in [2.05, 4.69) is 34.5 Å². The zero-order valence-corrected chi connectivity index (χ0v) is 15.9. The molecule has 0 radical (unpaired) electrons. The van der Waals surface area contributed by atoms with E-state index in [1.807, 2.05) is 35.7 Å². The number of aromatic nitrogens is 3. The molecule has 0 unspecified atom stereocenters. The summed E-state index contributed by atoms with van der Waals surface area (Å²) in [4.78, 5) is 17.8. The molecule has 0 saturated heterocycles. The molecule has 3 aromatic heterocycles. The average molecular weight is 376 g/mol. The van der Waals surface area contributed by atoms with Gasteiger partial charge < -0.3 is 5.32 Å². The number of unbranched alkanes of at least 4 members (excludes halogenated alkanes) is 1. The van der Waals surface area contributed by atoms with Crippen LogP contribution in [0.15, 0.2) is 60.2 Å². The molecule has 1 aromatic carbocycles. The Morgan fingerprint density at radius 2 is 2.15 bits per heavy atom. The third-order valence-corrected chi connectivity index (χ3v) is 5.28. The van der Waals surface area contributed by atoms with Crippen LogP contribution in [0.3, 0.4) is 0 Å². The molecule has 0 amide bonds. The van der Waals surface area contributed by atoms with Crippen LogP contribution in [0.25, 0.3) is 16.9 Å². The van der Waals surface area contributed by atoms with Gasteiger partial charge in [-0.15, -0.1) is 11.3 Å². The Kier molecular flexibility index (Phi) is 4.98. The van der Waals surface area contributed by atoms with Gasteiger partial charge in [0.25, 0.3) is 0 Å². The molecule has 0 aliphatic carbocycles. The minimum atomic E-state index is -0.0420. The number of nitrogens with one attached hydrogen (secondary N) is 1. The van der Waals surface area contributed by atoms with Gasteiger partial charge in [-0.05, 0) is 36.1 Å². The molecular formula is C21H20N4OS. The Morgan fingerprint density at radius 3 is 2.96 bits per heavy atom. The summed E-state index contributed by atoms with van der Waals surface area (Å²) in [5.41, 5.74) is 4.12. The van der Waals surface area contributed by atoms with Gasteiger partial charge in [0.05, 0.1) is 22.3 Å². The van der Waals surface area contributed by atoms with Crippen LogP contribution in [0.4, 0.5) is 5.69 Å². The molecule has 5 nitrogen and oxygen atoms in total. The van der Waals surface area contributed by atoms with Gasteiger partial charge in [0.15, 0.2) is 5.65 Å². The first kappa shape index (κ1) is 17.4. The standard InChI is InChI=1S/C21H20N4OS/c1-2-3-10-22-16-7-4-6-15(13-16)18-9-11-23-21-17(14-24-25(18)21)20(26)19-8-5-12-27-19/h4-9,11-14,22H,2-3,10H2,1H3. The first-order valence-electron chi connectivity index (χ1n) is 9.03. The maximum atomic E-state index is 12.7. The number of benzene rings is 1. The van der Waals surface area contributed by atoms with Crippen molar-refractivity contribution in [2.75, 3.05) is 11.9 Å². The van der Waals surface area contributed by atoms with Gasteiger partial charge in [-0.3, -0.25) is 4.79 Å². The predicted octanol–water partition coefficient (Wildman–Crippen LogP) is 4.90. The van der Waals surface area contributed by atoms with Crippen LogP contribution in [-0.4, -0.2) is 26.9 Å². The van der Waals surface area contributed by atoms with E-state index in [1.165, 1.54) is 11.3 Å². The van der Waals surface area contributed by atoms with Crippen LogP contribution in [0.2, 0.25) is 0 Å². The number of rotatable bonds is 7. The van der Waals surface area contributed by atoms with Crippen molar-refractivity contribution >= 4 is 28.5 Å². The average Bonchev–Trinajstić information content (AvgIpc) is 3.38. The summed E-state index contributed by atoms with van der Waals surface area (Å²) in [6.45, 7) is 3.13. The molecule has 3 heterocycles. The summed E-state index contributed by atoms with van der Waals surface area (Å²) < 4.78 is 1.74. The normalized spacial score (nSPS) is 11.0. The zero-order chi connectivity index (χ0) is 18.6. The number of hydrogen-bond acceptors (Lipinski definition) is 5. The van der Waals surface area contributed by atoms with Crippen LogP contribution < -0.4 is 5.32 Å². The topological polar surface area (TPSA) is 59.3 Å². The maximum absolute atomic E-state index is 12.7. The third kappa shape index (κ3) is 3.48. The van der Waals surface area contributed by atoms with E-state index in [9.17, 15) is 4.79 Å². The fourth-order valence-corrected chi connectivity index (χ4v) is 3.69. The van der Waals surface area contributed by atoms with Crippen molar-refractivity contribution in [1.82, 2.24) is 14.6 Å². The van der Waals surface area contributed by atoms with Crippen LogP contribution in [0.5, 0.6) is 0 Å². The van der Waals surface area contributed by atoms with E-state index in [0.717, 1.165) is 36.3 Å². The smallest absolute Gasteiger partial charge is 0.208 e. The van der Waals surface area contributed by atoms with Crippen LogP contribution in [-0.2, 0) is 0 Å². The number of fused-ring (bicyclic) bond motifs is 1. The first-order chi connectivity index (χ1) is 13.3. The monoisotopic (exact) mass is 376 g/mol. The van der Waals surface area contributed by atoms with E-state index >= 15 is 0 Å². The van der Waals surface area contributed by atoms with Crippen molar-refractivity contribution in [3.05, 3.63) is 70.7 Å². The molecule has 27 heavy (non-hydrogen) atoms. The van der Waals surface area contributed by atoms with Gasteiger partial charge in [0, 0.05) is 24.0 Å². The number of anilines is 1. The lowest BCUT2D eigenvalue weighted by atomic mass is 10.1. The lowest BCUT2D eigenvalue weighted by molar-refractivity contribution is 0.104. The summed E-state index contributed by atoms with van der Waals surface area (Å²) in [7, 11) is 0. The zero-order valence-electron chi connectivity index (χ0n) is 15.1. The third-order valence-electron chi connectivity index (χ3n) is 4.41. The molecule has 136 valence electrons. The quantitative estimate of drug-likeness (QED) is 0.368. The SMILES string of the molecule is CCCCNc1cccc(-c2ccnc3c(C(=O)c4cccs4)cnn23)c1. The van der Waals surface area contributed by atoms with Gasteiger partial charge in [-0.25, -0.2) is 9.50 Å². The minimum absolute atomic E-state index is 0.0420. The Bertz CT molecular complexity index is 1070. The Balaban J connectivity index is 1.71. The van der Waals surface area contributed by atoms with Gasteiger partial charge in [0.2, 0.25) is 5.78 Å². The molecule has 0 spiro atoms.